The average molecular weight is 1120 g/mol. The van der Waals surface area contributed by atoms with Crippen molar-refractivity contribution in [2.24, 2.45) is 63.5 Å². The maximum atomic E-state index is 14.4. The van der Waals surface area contributed by atoms with Crippen LogP contribution in [0.15, 0.2) is 42.1 Å². The summed E-state index contributed by atoms with van der Waals surface area (Å²) in [6.45, 7) is 23.1. The van der Waals surface area contributed by atoms with Crippen LogP contribution >= 0.6 is 0 Å². The Labute approximate surface area is 477 Å². The number of fused-ring (bicyclic) bond motifs is 6. The van der Waals surface area contributed by atoms with Crippen molar-refractivity contribution in [3.63, 3.8) is 0 Å². The third-order valence-electron chi connectivity index (χ3n) is 18.9. The lowest BCUT2D eigenvalue weighted by Crippen LogP contribution is -2.63. The highest BCUT2D eigenvalue weighted by molar-refractivity contribution is 5.93. The molecule has 2 aromatic rings. The molecule has 1 aromatic heterocycles. The standard InChI is InChI=1S/C58H99N9O8.C3H4O2/c1-6-8-9-10-11-15-33-65(53(69)41-66(32-7-2)52(68)21-13-12-14-31-62-48-24-25-49(67(70)71)56-55(48)63-75-64-56)34-16-20-42(3)45-22-23-46-54-47(40-51(58(45,46)5)74-37-19-30-61)57(4)27-26-44(72-35-17-28-59)38-43(57)39-50(54)73-36-18-29-60;1-2-3(4)5/h7,24-25,42-47,50-51,54,62H,2,6,8-23,26-41,59-61H2,1,3-5H3;2H,1H2,(H,4,5)/t42-,43?,44-,45-,46?,47?,50-,51+,54?,57+,58-;/m1./s1. The number of nitro groups is 1. The van der Waals surface area contributed by atoms with E-state index in [-0.39, 0.29) is 58.7 Å². The van der Waals surface area contributed by atoms with Crippen LogP contribution in [0, 0.1) is 56.5 Å². The molecule has 0 radical (unpaired) electrons. The number of carbonyl (C=O) groups excluding carboxylic acids is 2. The van der Waals surface area contributed by atoms with E-state index >= 15 is 0 Å². The first-order chi connectivity index (χ1) is 38.6. The van der Waals surface area contributed by atoms with Crippen LogP contribution in [-0.2, 0) is 28.6 Å². The zero-order valence-corrected chi connectivity index (χ0v) is 49.3. The van der Waals surface area contributed by atoms with E-state index in [0.29, 0.717) is 119 Å². The largest absolute Gasteiger partial charge is 0.478 e. The Kier molecular flexibility index (Phi) is 28.3. The van der Waals surface area contributed by atoms with E-state index in [1.165, 1.54) is 51.0 Å². The number of nitrogens with zero attached hydrogens (tertiary/aromatic N) is 5. The van der Waals surface area contributed by atoms with Crippen LogP contribution in [-0.4, -0.2) is 138 Å². The molecule has 1 heterocycles. The molecule has 4 aliphatic carbocycles. The number of carboxylic acids is 1. The normalized spacial score (nSPS) is 26.2. The monoisotopic (exact) mass is 1120 g/mol. The van der Waals surface area contributed by atoms with Crippen LogP contribution in [0.2, 0.25) is 0 Å². The lowest BCUT2D eigenvalue weighted by atomic mass is 9.43. The second-order valence-electron chi connectivity index (χ2n) is 23.9. The van der Waals surface area contributed by atoms with E-state index in [1.54, 1.807) is 17.0 Å². The topological polar surface area (TPSA) is 278 Å². The van der Waals surface area contributed by atoms with Crippen molar-refractivity contribution in [2.45, 2.75) is 187 Å². The number of unbranched alkanes of at least 4 members (excludes halogenated alkanes) is 7. The molecule has 4 fully saturated rings. The Bertz CT molecular complexity index is 2220. The highest BCUT2D eigenvalue weighted by Gasteiger charge is 2.66. The highest BCUT2D eigenvalue weighted by Crippen LogP contribution is 2.69. The summed E-state index contributed by atoms with van der Waals surface area (Å²) in [4.78, 5) is 51.9. The molecule has 452 valence electrons. The predicted molar refractivity (Wildman–Crippen MR) is 315 cm³/mol. The zero-order valence-electron chi connectivity index (χ0n) is 49.3. The number of non-ortho nitro benzene ring substituents is 1. The van der Waals surface area contributed by atoms with E-state index in [9.17, 15) is 24.5 Å². The first-order valence-electron chi connectivity index (χ1n) is 30.7. The van der Waals surface area contributed by atoms with Gasteiger partial charge in [-0.05, 0) is 173 Å². The number of carboxylic acid groups (broad SMARTS) is 1. The number of nitro benzene ring substituents is 1. The van der Waals surface area contributed by atoms with Crippen molar-refractivity contribution < 1.29 is 43.3 Å². The van der Waals surface area contributed by atoms with Gasteiger partial charge in [0.05, 0.1) is 28.9 Å². The number of hydrogen-bond donors (Lipinski definition) is 5. The minimum absolute atomic E-state index is 0.00730. The number of benzene rings is 1. The van der Waals surface area contributed by atoms with Gasteiger partial charge in [0.1, 0.15) is 6.54 Å². The smallest absolute Gasteiger partial charge is 0.327 e. The van der Waals surface area contributed by atoms with Crippen LogP contribution in [0.5, 0.6) is 0 Å². The second-order valence-corrected chi connectivity index (χ2v) is 23.9. The molecule has 1 aromatic carbocycles. The van der Waals surface area contributed by atoms with Crippen molar-refractivity contribution in [2.75, 3.05) is 77.5 Å². The van der Waals surface area contributed by atoms with Gasteiger partial charge in [-0.1, -0.05) is 78.9 Å². The molecular weight excluding hydrogens is 1020 g/mol. The number of ether oxygens (including phenoxy) is 3. The number of nitrogens with two attached hydrogens (primary N) is 3. The van der Waals surface area contributed by atoms with Crippen LogP contribution < -0.4 is 22.5 Å². The molecule has 0 bridgehead atoms. The molecule has 19 heteroatoms. The number of amides is 2. The fraction of sp³-hybridized carbons (Fsp3) is 0.787. The van der Waals surface area contributed by atoms with E-state index in [4.69, 9.17) is 41.1 Å². The summed E-state index contributed by atoms with van der Waals surface area (Å²) in [6.07, 6.45) is 25.0. The van der Waals surface area contributed by atoms with E-state index in [0.717, 1.165) is 96.2 Å². The van der Waals surface area contributed by atoms with Crippen LogP contribution in [0.3, 0.4) is 0 Å². The molecule has 4 aliphatic rings. The van der Waals surface area contributed by atoms with Crippen LogP contribution in [0.1, 0.15) is 169 Å². The van der Waals surface area contributed by atoms with Crippen molar-refractivity contribution in [1.82, 2.24) is 20.1 Å². The molecule has 80 heavy (non-hydrogen) atoms. The molecule has 0 aliphatic heterocycles. The van der Waals surface area contributed by atoms with Gasteiger partial charge in [-0.15, -0.1) is 6.58 Å². The van der Waals surface area contributed by atoms with E-state index < -0.39 is 10.9 Å². The lowest BCUT2D eigenvalue weighted by molar-refractivity contribution is -0.383. The summed E-state index contributed by atoms with van der Waals surface area (Å²) < 4.78 is 25.4. The van der Waals surface area contributed by atoms with Crippen molar-refractivity contribution in [3.05, 3.63) is 47.6 Å². The zero-order chi connectivity index (χ0) is 58.1. The maximum Gasteiger partial charge on any atom is 0.327 e. The fourth-order valence-electron chi connectivity index (χ4n) is 14.6. The van der Waals surface area contributed by atoms with Crippen LogP contribution in [0.25, 0.3) is 11.0 Å². The molecule has 8 N–H and O–H groups in total. The van der Waals surface area contributed by atoms with Gasteiger partial charge < -0.3 is 51.6 Å². The Balaban J connectivity index is 0.00000225. The number of aromatic nitrogens is 2. The molecule has 4 saturated carbocycles. The van der Waals surface area contributed by atoms with Gasteiger partial charge in [0.25, 0.3) is 0 Å². The van der Waals surface area contributed by atoms with Gasteiger partial charge in [0.15, 0.2) is 5.52 Å². The van der Waals surface area contributed by atoms with Crippen molar-refractivity contribution in [1.29, 1.82) is 0 Å². The summed E-state index contributed by atoms with van der Waals surface area (Å²) in [5.74, 6) is 1.91. The molecule has 6 rings (SSSR count). The van der Waals surface area contributed by atoms with Gasteiger partial charge in [0, 0.05) is 70.0 Å². The minimum Gasteiger partial charge on any atom is -0.478 e. The predicted octanol–water partition coefficient (Wildman–Crippen LogP) is 10.1. The molecule has 19 nitrogen and oxygen atoms in total. The van der Waals surface area contributed by atoms with E-state index in [2.05, 4.69) is 56.5 Å². The summed E-state index contributed by atoms with van der Waals surface area (Å²) in [6, 6.07) is 3.00. The Morgan fingerprint density at radius 1 is 0.838 bits per heavy atom. The van der Waals surface area contributed by atoms with Crippen LogP contribution in [0.4, 0.5) is 11.4 Å². The Hall–Kier alpha value is -4.53. The SMILES string of the molecule is C=CC(=O)O.C=CCN(CC(=O)N(CCCCCCCC)CCC[C@@H](C)[C@H]1CCC2C3C(C[C@H](OCCCN)[C@@]21C)[C@@]1(C)CC[C@@H](OCCCN)CC1C[C@H]3OCCCN)C(=O)CCCCCNc1ccc([N+](=O)[O-])c2nonc12. The summed E-state index contributed by atoms with van der Waals surface area (Å²) in [5, 5.41) is 29.8. The number of anilines is 1. The first-order valence-corrected chi connectivity index (χ1v) is 30.7. The number of hydrogen-bond acceptors (Lipinski definition) is 15. The summed E-state index contributed by atoms with van der Waals surface area (Å²) >= 11 is 0. The Morgan fingerprint density at radius 3 is 2.19 bits per heavy atom. The second kappa shape index (κ2) is 34.2. The third kappa shape index (κ3) is 18.0. The molecule has 4 unspecified atom stereocenters. The molecule has 0 saturated heterocycles. The van der Waals surface area contributed by atoms with Gasteiger partial charge >= 0.3 is 11.7 Å². The molecule has 11 atom stereocenters. The maximum absolute atomic E-state index is 14.4. The number of carbonyl (C=O) groups is 3. The quantitative estimate of drug-likeness (QED) is 0.0138. The van der Waals surface area contributed by atoms with Crippen molar-refractivity contribution in [3.8, 4) is 0 Å². The summed E-state index contributed by atoms with van der Waals surface area (Å²) in [5.41, 5.74) is 19.0. The highest BCUT2D eigenvalue weighted by atomic mass is 16.6. The average Bonchev–Trinajstić information content (AvgIpc) is 4.27. The number of nitrogens with one attached hydrogen (secondary N) is 1. The first kappa shape index (κ1) is 66.3. The van der Waals surface area contributed by atoms with Gasteiger partial charge in [-0.2, -0.15) is 0 Å². The Morgan fingerprint density at radius 2 is 1.50 bits per heavy atom. The fourth-order valence-corrected chi connectivity index (χ4v) is 14.6. The lowest BCUT2D eigenvalue weighted by Gasteiger charge is -2.65. The third-order valence-corrected chi connectivity index (χ3v) is 18.9. The minimum atomic E-state index is -0.981. The summed E-state index contributed by atoms with van der Waals surface area (Å²) in [7, 11) is 0. The van der Waals surface area contributed by atoms with Gasteiger partial charge in [-0.25, -0.2) is 9.42 Å². The van der Waals surface area contributed by atoms with Gasteiger partial charge in [0.2, 0.25) is 17.3 Å². The van der Waals surface area contributed by atoms with Gasteiger partial charge in [-0.3, -0.25) is 19.7 Å². The molecular formula is C61H103N9O10. The van der Waals surface area contributed by atoms with Crippen molar-refractivity contribution >= 4 is 40.2 Å². The molecule has 0 spiro atoms. The number of aliphatic carboxylic acids is 1. The molecule has 2 amide bonds. The van der Waals surface area contributed by atoms with E-state index in [1.807, 2.05) is 4.90 Å². The number of rotatable bonds is 37.